The third-order valence-corrected chi connectivity index (χ3v) is 10.2. The molecule has 0 saturated heterocycles. The van der Waals surface area contributed by atoms with Crippen LogP contribution in [0.5, 0.6) is 0 Å². The zero-order valence-corrected chi connectivity index (χ0v) is 35.8. The highest BCUT2D eigenvalue weighted by Gasteiger charge is 2.25. The number of unbranched alkanes of at least 4 members (excludes halogenated alkanes) is 21. The summed E-state index contributed by atoms with van der Waals surface area (Å²) in [6.45, 7) is 4.81. The lowest BCUT2D eigenvalue weighted by molar-refractivity contribution is -0.154. The van der Waals surface area contributed by atoms with Gasteiger partial charge in [-0.1, -0.05) is 184 Å². The minimum absolute atomic E-state index is 0.0956. The SMILES string of the molecule is CC/C=C\C/C=C\C/C=C\C/C=C\CCCCCCCCCCCCCCC(=O)OC(COCCCCCCCCCCCC)COP(=O)(O)OCCN. The average Bonchev–Trinajstić information content (AvgIpc) is 3.16. The molecule has 2 unspecified atom stereocenters. The molecule has 0 aromatic rings. The smallest absolute Gasteiger partial charge is 0.457 e. The molecule has 0 rings (SSSR count). The summed E-state index contributed by atoms with van der Waals surface area (Å²) in [6, 6.07) is 0. The van der Waals surface area contributed by atoms with E-state index in [2.05, 4.69) is 62.5 Å². The maximum absolute atomic E-state index is 12.6. The molecule has 0 aromatic heterocycles. The fraction of sp³-hybridized carbons (Fsp3) is 0.800. The standard InChI is InChI=1S/C45H84NO7P/c1-3-5-7-9-11-13-15-16-17-18-19-20-21-22-23-24-25-26-27-28-29-30-32-34-36-38-45(47)53-44(43-52-54(48,49)51-41-39-46)42-50-40-37-35-33-31-14-12-10-8-6-4-2/h5,7,11,13,16-17,19-20,44H,3-4,6,8-10,12,14-15,18,21-43,46H2,1-2H3,(H,48,49)/b7-5-,13-11-,17-16-,20-19-. The predicted molar refractivity (Wildman–Crippen MR) is 229 cm³/mol. The van der Waals surface area contributed by atoms with E-state index in [0.717, 1.165) is 57.8 Å². The molecule has 0 heterocycles. The van der Waals surface area contributed by atoms with E-state index >= 15 is 0 Å². The molecule has 9 heteroatoms. The van der Waals surface area contributed by atoms with Gasteiger partial charge in [0.25, 0.3) is 0 Å². The molecule has 3 N–H and O–H groups in total. The van der Waals surface area contributed by atoms with E-state index in [4.69, 9.17) is 24.3 Å². The third kappa shape index (κ3) is 41.6. The summed E-state index contributed by atoms with van der Waals surface area (Å²) in [6.07, 6.45) is 49.9. The zero-order valence-electron chi connectivity index (χ0n) is 35.0. The summed E-state index contributed by atoms with van der Waals surface area (Å²) in [5.41, 5.74) is 5.36. The second kappa shape index (κ2) is 42.6. The Morgan fingerprint density at radius 3 is 1.56 bits per heavy atom. The molecule has 54 heavy (non-hydrogen) atoms. The fourth-order valence-corrected chi connectivity index (χ4v) is 6.81. The van der Waals surface area contributed by atoms with Gasteiger partial charge in [0.15, 0.2) is 0 Å². The Balaban J connectivity index is 3.91. The van der Waals surface area contributed by atoms with Crippen LogP contribution >= 0.6 is 7.82 Å². The number of hydrogen-bond acceptors (Lipinski definition) is 7. The number of nitrogens with two attached hydrogens (primary N) is 1. The van der Waals surface area contributed by atoms with Crippen molar-refractivity contribution in [3.8, 4) is 0 Å². The predicted octanol–water partition coefficient (Wildman–Crippen LogP) is 13.2. The van der Waals surface area contributed by atoms with Gasteiger partial charge in [0.2, 0.25) is 0 Å². The lowest BCUT2D eigenvalue weighted by Gasteiger charge is -2.20. The summed E-state index contributed by atoms with van der Waals surface area (Å²) in [5.74, 6) is -0.333. The highest BCUT2D eigenvalue weighted by molar-refractivity contribution is 7.47. The highest BCUT2D eigenvalue weighted by atomic mass is 31.2. The van der Waals surface area contributed by atoms with E-state index in [1.165, 1.54) is 116 Å². The number of esters is 1. The van der Waals surface area contributed by atoms with E-state index < -0.39 is 13.9 Å². The molecule has 0 radical (unpaired) electrons. The molecule has 316 valence electrons. The monoisotopic (exact) mass is 782 g/mol. The van der Waals surface area contributed by atoms with Crippen molar-refractivity contribution < 1.29 is 32.8 Å². The Labute approximate surface area is 332 Å². The summed E-state index contributed by atoms with van der Waals surface area (Å²) in [5, 5.41) is 0. The summed E-state index contributed by atoms with van der Waals surface area (Å²) in [4.78, 5) is 22.5. The first kappa shape index (κ1) is 52.5. The second-order valence-corrected chi connectivity index (χ2v) is 16.0. The largest absolute Gasteiger partial charge is 0.472 e. The maximum Gasteiger partial charge on any atom is 0.472 e. The number of phosphoric ester groups is 1. The van der Waals surface area contributed by atoms with Crippen molar-refractivity contribution in [3.63, 3.8) is 0 Å². The van der Waals surface area contributed by atoms with E-state index in [1.54, 1.807) is 0 Å². The maximum atomic E-state index is 12.6. The molecule has 0 aliphatic heterocycles. The molecule has 0 fully saturated rings. The molecular weight excluding hydrogens is 697 g/mol. The number of carbonyl (C=O) groups excluding carboxylic acids is 1. The van der Waals surface area contributed by atoms with Gasteiger partial charge in [-0.3, -0.25) is 13.8 Å². The van der Waals surface area contributed by atoms with Crippen LogP contribution in [0.25, 0.3) is 0 Å². The van der Waals surface area contributed by atoms with Gasteiger partial charge in [0, 0.05) is 19.6 Å². The number of rotatable bonds is 42. The van der Waals surface area contributed by atoms with Crippen LogP contribution in [0.4, 0.5) is 0 Å². The summed E-state index contributed by atoms with van der Waals surface area (Å²) in [7, 11) is -4.27. The van der Waals surface area contributed by atoms with Crippen LogP contribution in [0.3, 0.4) is 0 Å². The minimum atomic E-state index is -4.27. The Hall–Kier alpha value is -1.54. The minimum Gasteiger partial charge on any atom is -0.457 e. The van der Waals surface area contributed by atoms with Crippen molar-refractivity contribution in [1.82, 2.24) is 0 Å². The third-order valence-electron chi connectivity index (χ3n) is 9.26. The van der Waals surface area contributed by atoms with Gasteiger partial charge < -0.3 is 20.1 Å². The van der Waals surface area contributed by atoms with Crippen LogP contribution in [-0.2, 0) is 27.9 Å². The van der Waals surface area contributed by atoms with E-state index in [9.17, 15) is 14.3 Å². The second-order valence-electron chi connectivity index (χ2n) is 14.5. The first-order chi connectivity index (χ1) is 26.4. The topological polar surface area (TPSA) is 117 Å². The van der Waals surface area contributed by atoms with Crippen molar-refractivity contribution in [3.05, 3.63) is 48.6 Å². The number of phosphoric acid groups is 1. The zero-order chi connectivity index (χ0) is 39.5. The number of hydrogen-bond donors (Lipinski definition) is 2. The Kier molecular flexibility index (Phi) is 41.4. The van der Waals surface area contributed by atoms with E-state index in [0.29, 0.717) is 13.0 Å². The molecule has 8 nitrogen and oxygen atoms in total. The quantitative estimate of drug-likeness (QED) is 0.0272. The molecule has 2 atom stereocenters. The van der Waals surface area contributed by atoms with Crippen molar-refractivity contribution in [1.29, 1.82) is 0 Å². The first-order valence-corrected chi connectivity index (χ1v) is 23.6. The van der Waals surface area contributed by atoms with Crippen LogP contribution in [0.1, 0.15) is 194 Å². The van der Waals surface area contributed by atoms with Crippen LogP contribution in [0.15, 0.2) is 48.6 Å². The molecule has 0 spiro atoms. The lowest BCUT2D eigenvalue weighted by Crippen LogP contribution is -2.28. The van der Waals surface area contributed by atoms with Gasteiger partial charge in [0.1, 0.15) is 6.10 Å². The number of carbonyl (C=O) groups is 1. The van der Waals surface area contributed by atoms with Gasteiger partial charge in [-0.25, -0.2) is 4.57 Å². The average molecular weight is 782 g/mol. The molecule has 0 saturated carbocycles. The van der Waals surface area contributed by atoms with Gasteiger partial charge in [-0.2, -0.15) is 0 Å². The Bertz CT molecular complexity index is 968. The van der Waals surface area contributed by atoms with Crippen LogP contribution < -0.4 is 5.73 Å². The summed E-state index contributed by atoms with van der Waals surface area (Å²) < 4.78 is 33.4. The molecule has 0 amide bonds. The normalized spacial score (nSPS) is 13.9. The van der Waals surface area contributed by atoms with Crippen LogP contribution in [0.2, 0.25) is 0 Å². The van der Waals surface area contributed by atoms with Crippen LogP contribution in [0, 0.1) is 0 Å². The van der Waals surface area contributed by atoms with E-state index in [1.807, 2.05) is 0 Å². The van der Waals surface area contributed by atoms with E-state index in [-0.39, 0.29) is 32.3 Å². The molecule has 0 aliphatic carbocycles. The molecule has 0 aromatic carbocycles. The van der Waals surface area contributed by atoms with Gasteiger partial charge in [-0.15, -0.1) is 0 Å². The van der Waals surface area contributed by atoms with Crippen LogP contribution in [-0.4, -0.2) is 49.9 Å². The van der Waals surface area contributed by atoms with Crippen molar-refractivity contribution in [2.45, 2.75) is 200 Å². The van der Waals surface area contributed by atoms with Gasteiger partial charge in [0.05, 0.1) is 19.8 Å². The lowest BCUT2D eigenvalue weighted by atomic mass is 10.0. The number of allylic oxidation sites excluding steroid dienone is 8. The molecule has 0 aliphatic rings. The Morgan fingerprint density at radius 2 is 1.04 bits per heavy atom. The van der Waals surface area contributed by atoms with Crippen molar-refractivity contribution >= 4 is 13.8 Å². The van der Waals surface area contributed by atoms with Crippen molar-refractivity contribution in [2.75, 3.05) is 33.0 Å². The fourth-order valence-electron chi connectivity index (χ4n) is 6.05. The Morgan fingerprint density at radius 1 is 0.574 bits per heavy atom. The molecule has 0 bridgehead atoms. The summed E-state index contributed by atoms with van der Waals surface area (Å²) >= 11 is 0. The first-order valence-electron chi connectivity index (χ1n) is 22.1. The highest BCUT2D eigenvalue weighted by Crippen LogP contribution is 2.43. The van der Waals surface area contributed by atoms with Crippen molar-refractivity contribution in [2.24, 2.45) is 5.73 Å². The van der Waals surface area contributed by atoms with Gasteiger partial charge in [-0.05, 0) is 51.4 Å². The van der Waals surface area contributed by atoms with Gasteiger partial charge >= 0.3 is 13.8 Å². The molecular formula is C45H84NO7P. The number of ether oxygens (including phenoxy) is 2.